The van der Waals surface area contributed by atoms with Crippen molar-refractivity contribution in [1.82, 2.24) is 5.32 Å². The van der Waals surface area contributed by atoms with Crippen molar-refractivity contribution in [3.05, 3.63) is 29.8 Å². The number of rotatable bonds is 1. The molecule has 1 fully saturated rings. The molecule has 0 radical (unpaired) electrons. The van der Waals surface area contributed by atoms with Crippen molar-refractivity contribution in [3.63, 3.8) is 0 Å². The summed E-state index contributed by atoms with van der Waals surface area (Å²) in [6.07, 6.45) is 3.80. The molecule has 1 aromatic carbocycles. The van der Waals surface area contributed by atoms with Gasteiger partial charge in [0.25, 0.3) is 0 Å². The zero-order valence-electron chi connectivity index (χ0n) is 9.32. The minimum atomic E-state index is 0. The zero-order valence-corrected chi connectivity index (χ0v) is 10.1. The van der Waals surface area contributed by atoms with E-state index in [1.165, 1.54) is 24.9 Å². The third kappa shape index (κ3) is 2.04. The van der Waals surface area contributed by atoms with Gasteiger partial charge >= 0.3 is 0 Å². The Morgan fingerprint density at radius 2 is 2.06 bits per heavy atom. The molecule has 1 aromatic rings. The summed E-state index contributed by atoms with van der Waals surface area (Å²) in [6.45, 7) is 2.06. The van der Waals surface area contributed by atoms with Crippen LogP contribution in [0.25, 0.3) is 0 Å². The summed E-state index contributed by atoms with van der Waals surface area (Å²) < 4.78 is 5.69. The van der Waals surface area contributed by atoms with E-state index >= 15 is 0 Å². The SMILES string of the molecule is Cl.c1ccc2c(c1)OCCC2C1CCCN1. The maximum absolute atomic E-state index is 5.69. The third-order valence-corrected chi connectivity index (χ3v) is 3.59. The summed E-state index contributed by atoms with van der Waals surface area (Å²) in [5, 5.41) is 3.61. The molecule has 2 atom stereocenters. The number of ether oxygens (including phenoxy) is 1. The van der Waals surface area contributed by atoms with Gasteiger partial charge in [-0.05, 0) is 37.4 Å². The molecule has 0 spiro atoms. The van der Waals surface area contributed by atoms with Crippen molar-refractivity contribution in [2.24, 2.45) is 0 Å². The predicted octanol–water partition coefficient (Wildman–Crippen LogP) is 2.73. The molecular formula is C13H18ClNO. The average molecular weight is 240 g/mol. The van der Waals surface area contributed by atoms with Crippen molar-refractivity contribution in [1.29, 1.82) is 0 Å². The third-order valence-electron chi connectivity index (χ3n) is 3.59. The highest BCUT2D eigenvalue weighted by atomic mass is 35.5. The number of fused-ring (bicyclic) bond motifs is 1. The average Bonchev–Trinajstić information content (AvgIpc) is 2.82. The molecule has 3 rings (SSSR count). The second-order valence-corrected chi connectivity index (χ2v) is 4.48. The van der Waals surface area contributed by atoms with E-state index in [-0.39, 0.29) is 12.4 Å². The summed E-state index contributed by atoms with van der Waals surface area (Å²) >= 11 is 0. The van der Waals surface area contributed by atoms with Crippen LogP contribution in [-0.2, 0) is 0 Å². The first-order valence-electron chi connectivity index (χ1n) is 5.90. The van der Waals surface area contributed by atoms with Crippen molar-refractivity contribution < 1.29 is 4.74 Å². The first kappa shape index (κ1) is 11.7. The maximum Gasteiger partial charge on any atom is 0.122 e. The summed E-state index contributed by atoms with van der Waals surface area (Å²) in [4.78, 5) is 0. The molecule has 1 N–H and O–H groups in total. The quantitative estimate of drug-likeness (QED) is 0.814. The Morgan fingerprint density at radius 1 is 1.19 bits per heavy atom. The molecule has 0 amide bonds. The van der Waals surface area contributed by atoms with Gasteiger partial charge in [-0.3, -0.25) is 0 Å². The van der Waals surface area contributed by atoms with Gasteiger partial charge in [0, 0.05) is 12.0 Å². The zero-order chi connectivity index (χ0) is 10.1. The summed E-state index contributed by atoms with van der Waals surface area (Å²) in [7, 11) is 0. The predicted molar refractivity (Wildman–Crippen MR) is 67.6 cm³/mol. The van der Waals surface area contributed by atoms with Crippen LogP contribution in [0.1, 0.15) is 30.7 Å². The lowest BCUT2D eigenvalue weighted by atomic mass is 9.86. The first-order chi connectivity index (χ1) is 7.45. The fourth-order valence-electron chi connectivity index (χ4n) is 2.84. The van der Waals surface area contributed by atoms with Crippen LogP contribution in [0.15, 0.2) is 24.3 Å². The molecular weight excluding hydrogens is 222 g/mol. The van der Waals surface area contributed by atoms with E-state index < -0.39 is 0 Å². The maximum atomic E-state index is 5.69. The van der Waals surface area contributed by atoms with Crippen molar-refractivity contribution in [2.45, 2.75) is 31.2 Å². The monoisotopic (exact) mass is 239 g/mol. The Morgan fingerprint density at radius 3 is 2.88 bits per heavy atom. The molecule has 0 saturated carbocycles. The van der Waals surface area contributed by atoms with Crippen LogP contribution in [-0.4, -0.2) is 19.2 Å². The van der Waals surface area contributed by atoms with Crippen LogP contribution >= 0.6 is 12.4 Å². The van der Waals surface area contributed by atoms with Crippen molar-refractivity contribution in [3.8, 4) is 5.75 Å². The van der Waals surface area contributed by atoms with Gasteiger partial charge in [-0.1, -0.05) is 18.2 Å². The summed E-state index contributed by atoms with van der Waals surface area (Å²) in [5.41, 5.74) is 1.41. The number of hydrogen-bond donors (Lipinski definition) is 1. The number of para-hydroxylation sites is 1. The van der Waals surface area contributed by atoms with E-state index in [1.807, 2.05) is 0 Å². The largest absolute Gasteiger partial charge is 0.493 e. The van der Waals surface area contributed by atoms with Crippen LogP contribution < -0.4 is 10.1 Å². The molecule has 2 nitrogen and oxygen atoms in total. The van der Waals surface area contributed by atoms with Gasteiger partial charge in [-0.25, -0.2) is 0 Å². The summed E-state index contributed by atoms with van der Waals surface area (Å²) in [5.74, 6) is 1.76. The van der Waals surface area contributed by atoms with Crippen molar-refractivity contribution >= 4 is 12.4 Å². The Hall–Kier alpha value is -0.730. The molecule has 2 heterocycles. The van der Waals surface area contributed by atoms with Crippen LogP contribution in [0.3, 0.4) is 0 Å². The number of hydrogen-bond acceptors (Lipinski definition) is 2. The van der Waals surface area contributed by atoms with E-state index in [4.69, 9.17) is 4.74 Å². The normalized spacial score (nSPS) is 27.8. The Balaban J connectivity index is 0.000000963. The minimum Gasteiger partial charge on any atom is -0.493 e. The highest BCUT2D eigenvalue weighted by Gasteiger charge is 2.30. The molecule has 0 aromatic heterocycles. The van der Waals surface area contributed by atoms with Gasteiger partial charge in [0.15, 0.2) is 0 Å². The van der Waals surface area contributed by atoms with Crippen LogP contribution in [0.4, 0.5) is 0 Å². The van der Waals surface area contributed by atoms with Gasteiger partial charge in [0.2, 0.25) is 0 Å². The second-order valence-electron chi connectivity index (χ2n) is 4.48. The smallest absolute Gasteiger partial charge is 0.122 e. The Bertz CT molecular complexity index is 350. The van der Waals surface area contributed by atoms with Gasteiger partial charge < -0.3 is 10.1 Å². The first-order valence-corrected chi connectivity index (χ1v) is 5.90. The lowest BCUT2D eigenvalue weighted by Crippen LogP contribution is -2.32. The molecule has 16 heavy (non-hydrogen) atoms. The van der Waals surface area contributed by atoms with E-state index in [2.05, 4.69) is 29.6 Å². The minimum absolute atomic E-state index is 0. The fraction of sp³-hybridized carbons (Fsp3) is 0.538. The van der Waals surface area contributed by atoms with E-state index in [0.717, 1.165) is 18.8 Å². The highest BCUT2D eigenvalue weighted by Crippen LogP contribution is 2.37. The van der Waals surface area contributed by atoms with E-state index in [0.29, 0.717) is 12.0 Å². The standard InChI is InChI=1S/C13H17NO.ClH/c1-2-6-13-11(4-1)10(7-9-15-13)12-5-3-8-14-12;/h1-2,4,6,10,12,14H,3,5,7-9H2;1H. The van der Waals surface area contributed by atoms with Gasteiger partial charge in [0.1, 0.15) is 5.75 Å². The highest BCUT2D eigenvalue weighted by molar-refractivity contribution is 5.85. The van der Waals surface area contributed by atoms with Crippen LogP contribution in [0, 0.1) is 0 Å². The van der Waals surface area contributed by atoms with Crippen LogP contribution in [0.2, 0.25) is 0 Å². The lowest BCUT2D eigenvalue weighted by Gasteiger charge is -2.30. The van der Waals surface area contributed by atoms with Crippen LogP contribution in [0.5, 0.6) is 5.75 Å². The van der Waals surface area contributed by atoms with Gasteiger partial charge in [-0.15, -0.1) is 12.4 Å². The molecule has 3 heteroatoms. The Kier molecular flexibility index (Phi) is 3.72. The second kappa shape index (κ2) is 5.07. The van der Waals surface area contributed by atoms with Crippen molar-refractivity contribution in [2.75, 3.05) is 13.2 Å². The molecule has 0 bridgehead atoms. The number of benzene rings is 1. The molecule has 88 valence electrons. The number of halogens is 1. The van der Waals surface area contributed by atoms with E-state index in [9.17, 15) is 0 Å². The van der Waals surface area contributed by atoms with E-state index in [1.54, 1.807) is 0 Å². The molecule has 0 aliphatic carbocycles. The molecule has 2 unspecified atom stereocenters. The molecule has 2 aliphatic heterocycles. The Labute approximate surface area is 103 Å². The fourth-order valence-corrected chi connectivity index (χ4v) is 2.84. The molecule has 1 saturated heterocycles. The number of nitrogens with one attached hydrogen (secondary N) is 1. The van der Waals surface area contributed by atoms with Gasteiger partial charge in [0.05, 0.1) is 6.61 Å². The summed E-state index contributed by atoms with van der Waals surface area (Å²) in [6, 6.07) is 9.17. The topological polar surface area (TPSA) is 21.3 Å². The molecule has 2 aliphatic rings. The lowest BCUT2D eigenvalue weighted by molar-refractivity contribution is 0.250. The van der Waals surface area contributed by atoms with Gasteiger partial charge in [-0.2, -0.15) is 0 Å².